The Bertz CT molecular complexity index is 742. The van der Waals surface area contributed by atoms with Gasteiger partial charge in [0.1, 0.15) is 12.4 Å². The minimum atomic E-state index is 0.150. The Kier molecular flexibility index (Phi) is 3.66. The number of fused-ring (bicyclic) bond motifs is 2. The second-order valence-electron chi connectivity index (χ2n) is 6.06. The van der Waals surface area contributed by atoms with Crippen LogP contribution in [0.15, 0.2) is 42.5 Å². The van der Waals surface area contributed by atoms with E-state index in [1.807, 2.05) is 24.3 Å². The molecular formula is C19H20N2O2. The molecule has 2 aliphatic heterocycles. The third kappa shape index (κ3) is 2.77. The first kappa shape index (κ1) is 14.1. The van der Waals surface area contributed by atoms with Gasteiger partial charge in [-0.2, -0.15) is 0 Å². The lowest BCUT2D eigenvalue weighted by molar-refractivity contribution is 0.0998. The molecule has 1 N–H and O–H groups in total. The smallest absolute Gasteiger partial charge is 0.182 e. The highest BCUT2D eigenvalue weighted by Crippen LogP contribution is 2.29. The van der Waals surface area contributed by atoms with E-state index in [4.69, 9.17) is 4.74 Å². The molecule has 0 radical (unpaired) electrons. The van der Waals surface area contributed by atoms with Crippen LogP contribution in [0.4, 0.5) is 11.4 Å². The predicted molar refractivity (Wildman–Crippen MR) is 91.7 cm³/mol. The Labute approximate surface area is 136 Å². The zero-order chi connectivity index (χ0) is 15.6. The van der Waals surface area contributed by atoms with Crippen molar-refractivity contribution >= 4 is 17.2 Å². The van der Waals surface area contributed by atoms with Crippen LogP contribution in [0.5, 0.6) is 5.75 Å². The van der Waals surface area contributed by atoms with Crippen molar-refractivity contribution in [3.8, 4) is 5.75 Å². The van der Waals surface area contributed by atoms with E-state index in [-0.39, 0.29) is 5.78 Å². The van der Waals surface area contributed by atoms with Crippen LogP contribution < -0.4 is 15.0 Å². The molecule has 0 fully saturated rings. The molecule has 0 spiro atoms. The summed E-state index contributed by atoms with van der Waals surface area (Å²) in [6.45, 7) is 2.82. The predicted octanol–water partition coefficient (Wildman–Crippen LogP) is 3.13. The number of Topliss-reactive ketones (excluding diaryl/α,β-unsaturated/α-hetero) is 1. The third-order valence-corrected chi connectivity index (χ3v) is 4.52. The Morgan fingerprint density at radius 1 is 1.22 bits per heavy atom. The molecule has 23 heavy (non-hydrogen) atoms. The topological polar surface area (TPSA) is 41.6 Å². The Balaban J connectivity index is 1.55. The summed E-state index contributed by atoms with van der Waals surface area (Å²) >= 11 is 0. The second kappa shape index (κ2) is 5.95. The minimum Gasteiger partial charge on any atom is -0.490 e. The van der Waals surface area contributed by atoms with E-state index in [2.05, 4.69) is 28.4 Å². The number of nitrogens with one attached hydrogen (secondary N) is 1. The molecule has 4 heteroatoms. The SMILES string of the molecule is O=C(CN1CCCc2ccccc21)c1ccc2c(c1)NCCO2. The van der Waals surface area contributed by atoms with Crippen LogP contribution in [0.25, 0.3) is 0 Å². The first-order chi connectivity index (χ1) is 11.3. The molecule has 0 aliphatic carbocycles. The molecule has 2 heterocycles. The molecule has 2 aliphatic rings. The van der Waals surface area contributed by atoms with Crippen LogP contribution in [-0.2, 0) is 6.42 Å². The van der Waals surface area contributed by atoms with Crippen LogP contribution >= 0.6 is 0 Å². The van der Waals surface area contributed by atoms with Crippen LogP contribution in [-0.4, -0.2) is 32.0 Å². The molecule has 0 bridgehead atoms. The summed E-state index contributed by atoms with van der Waals surface area (Å²) in [6.07, 6.45) is 2.20. The largest absolute Gasteiger partial charge is 0.490 e. The van der Waals surface area contributed by atoms with E-state index in [0.717, 1.165) is 42.9 Å². The quantitative estimate of drug-likeness (QED) is 0.885. The molecule has 2 aromatic rings. The van der Waals surface area contributed by atoms with Crippen LogP contribution in [0, 0.1) is 0 Å². The van der Waals surface area contributed by atoms with Gasteiger partial charge < -0.3 is 15.0 Å². The van der Waals surface area contributed by atoms with Gasteiger partial charge in [-0.25, -0.2) is 0 Å². The highest BCUT2D eigenvalue weighted by Gasteiger charge is 2.20. The second-order valence-corrected chi connectivity index (χ2v) is 6.06. The fraction of sp³-hybridized carbons (Fsp3) is 0.316. The highest BCUT2D eigenvalue weighted by atomic mass is 16.5. The first-order valence-electron chi connectivity index (χ1n) is 8.18. The summed E-state index contributed by atoms with van der Waals surface area (Å²) in [5, 5.41) is 3.29. The van der Waals surface area contributed by atoms with Gasteiger partial charge in [-0.15, -0.1) is 0 Å². The maximum Gasteiger partial charge on any atom is 0.182 e. The lowest BCUT2D eigenvalue weighted by atomic mass is 10.0. The minimum absolute atomic E-state index is 0.150. The number of ketones is 1. The molecule has 0 saturated carbocycles. The molecule has 2 aromatic carbocycles. The van der Waals surface area contributed by atoms with Gasteiger partial charge in [0, 0.05) is 24.3 Å². The summed E-state index contributed by atoms with van der Waals surface area (Å²) in [5.74, 6) is 0.980. The van der Waals surface area contributed by atoms with Crippen molar-refractivity contribution in [3.63, 3.8) is 0 Å². The molecule has 0 unspecified atom stereocenters. The number of nitrogens with zero attached hydrogens (tertiary/aromatic N) is 1. The Morgan fingerprint density at radius 2 is 2.13 bits per heavy atom. The molecule has 118 valence electrons. The average Bonchev–Trinajstić information content (AvgIpc) is 2.61. The number of benzene rings is 2. The number of rotatable bonds is 3. The molecule has 0 aromatic heterocycles. The normalized spacial score (nSPS) is 15.9. The molecule has 0 amide bonds. The lowest BCUT2D eigenvalue weighted by Crippen LogP contribution is -2.34. The van der Waals surface area contributed by atoms with Gasteiger partial charge in [-0.05, 0) is 42.7 Å². The summed E-state index contributed by atoms with van der Waals surface area (Å²) < 4.78 is 5.57. The third-order valence-electron chi connectivity index (χ3n) is 4.52. The van der Waals surface area contributed by atoms with Gasteiger partial charge in [0.2, 0.25) is 0 Å². The number of carbonyl (C=O) groups is 1. The Hall–Kier alpha value is -2.49. The summed E-state index contributed by atoms with van der Waals surface area (Å²) in [7, 11) is 0. The van der Waals surface area contributed by atoms with E-state index >= 15 is 0 Å². The fourth-order valence-electron chi connectivity index (χ4n) is 3.35. The van der Waals surface area contributed by atoms with Crippen LogP contribution in [0.1, 0.15) is 22.3 Å². The fourth-order valence-corrected chi connectivity index (χ4v) is 3.35. The van der Waals surface area contributed by atoms with Gasteiger partial charge in [0.05, 0.1) is 12.2 Å². The van der Waals surface area contributed by atoms with Crippen molar-refractivity contribution in [1.82, 2.24) is 0 Å². The van der Waals surface area contributed by atoms with Crippen molar-refractivity contribution in [2.45, 2.75) is 12.8 Å². The van der Waals surface area contributed by atoms with Crippen molar-refractivity contribution in [3.05, 3.63) is 53.6 Å². The van der Waals surface area contributed by atoms with Gasteiger partial charge >= 0.3 is 0 Å². The number of hydrogen-bond acceptors (Lipinski definition) is 4. The molecule has 0 saturated heterocycles. The van der Waals surface area contributed by atoms with E-state index < -0.39 is 0 Å². The maximum absolute atomic E-state index is 12.7. The number of anilines is 2. The van der Waals surface area contributed by atoms with Gasteiger partial charge in [-0.3, -0.25) is 4.79 Å². The van der Waals surface area contributed by atoms with Crippen molar-refractivity contribution in [1.29, 1.82) is 0 Å². The van der Waals surface area contributed by atoms with E-state index in [9.17, 15) is 4.79 Å². The number of ether oxygens (including phenoxy) is 1. The lowest BCUT2D eigenvalue weighted by Gasteiger charge is -2.30. The zero-order valence-corrected chi connectivity index (χ0v) is 13.0. The molecular weight excluding hydrogens is 288 g/mol. The molecule has 4 rings (SSSR count). The van der Waals surface area contributed by atoms with E-state index in [0.29, 0.717) is 13.2 Å². The van der Waals surface area contributed by atoms with Crippen LogP contribution in [0.2, 0.25) is 0 Å². The Morgan fingerprint density at radius 3 is 3.09 bits per heavy atom. The monoisotopic (exact) mass is 308 g/mol. The number of carbonyl (C=O) groups excluding carboxylic acids is 1. The zero-order valence-electron chi connectivity index (χ0n) is 13.0. The van der Waals surface area contributed by atoms with Crippen molar-refractivity contribution in [2.24, 2.45) is 0 Å². The summed E-state index contributed by atoms with van der Waals surface area (Å²) in [4.78, 5) is 14.9. The van der Waals surface area contributed by atoms with E-state index in [1.54, 1.807) is 0 Å². The first-order valence-corrected chi connectivity index (χ1v) is 8.18. The average molecular weight is 308 g/mol. The van der Waals surface area contributed by atoms with E-state index in [1.165, 1.54) is 11.3 Å². The molecule has 0 atom stereocenters. The standard InChI is InChI=1S/C19H20N2O2/c22-18(15-7-8-19-16(12-15)20-9-11-23-19)13-21-10-3-5-14-4-1-2-6-17(14)21/h1-2,4,6-8,12,20H,3,5,9-11,13H2. The van der Waals surface area contributed by atoms with Crippen molar-refractivity contribution < 1.29 is 9.53 Å². The van der Waals surface area contributed by atoms with Gasteiger partial charge in [0.15, 0.2) is 5.78 Å². The van der Waals surface area contributed by atoms with Crippen molar-refractivity contribution in [2.75, 3.05) is 36.5 Å². The molecule has 4 nitrogen and oxygen atoms in total. The highest BCUT2D eigenvalue weighted by molar-refractivity contribution is 6.00. The summed E-state index contributed by atoms with van der Waals surface area (Å²) in [6, 6.07) is 14.0. The van der Waals surface area contributed by atoms with Gasteiger partial charge in [0.25, 0.3) is 0 Å². The summed E-state index contributed by atoms with van der Waals surface area (Å²) in [5.41, 5.74) is 4.20. The number of hydrogen-bond donors (Lipinski definition) is 1. The van der Waals surface area contributed by atoms with Gasteiger partial charge in [-0.1, -0.05) is 18.2 Å². The van der Waals surface area contributed by atoms with Crippen LogP contribution in [0.3, 0.4) is 0 Å². The number of aryl methyl sites for hydroxylation is 1. The number of para-hydroxylation sites is 1. The maximum atomic E-state index is 12.7.